The van der Waals surface area contributed by atoms with Gasteiger partial charge in [0, 0.05) is 12.5 Å². The molecule has 1 aromatic rings. The molecule has 1 atom stereocenters. The molecule has 0 aromatic heterocycles. The number of benzene rings is 1. The molecule has 0 radical (unpaired) electrons. The maximum atomic E-state index is 10.4. The molecule has 5 nitrogen and oxygen atoms in total. The molecule has 2 N–H and O–H groups in total. The largest absolute Gasteiger partial charge is 0.493 e. The molecule has 0 fully saturated rings. The Bertz CT molecular complexity index is 434. The molecule has 0 aliphatic heterocycles. The van der Waals surface area contributed by atoms with Crippen LogP contribution in [0.4, 0.5) is 0 Å². The van der Waals surface area contributed by atoms with Gasteiger partial charge in [0.25, 0.3) is 0 Å². The quantitative estimate of drug-likeness (QED) is 0.681. The predicted octanol–water partition coefficient (Wildman–Crippen LogP) is 2.61. The normalized spacial score (nSPS) is 11.9. The molecule has 0 bridgehead atoms. The smallest absolute Gasteiger partial charge is 0.303 e. The van der Waals surface area contributed by atoms with Crippen molar-refractivity contribution in [2.75, 3.05) is 20.8 Å². The van der Waals surface area contributed by atoms with Crippen LogP contribution in [0.3, 0.4) is 0 Å². The third kappa shape index (κ3) is 5.09. The van der Waals surface area contributed by atoms with Gasteiger partial charge in [-0.1, -0.05) is 6.07 Å². The van der Waals surface area contributed by atoms with Gasteiger partial charge < -0.3 is 19.9 Å². The number of nitrogens with one attached hydrogen (secondary N) is 1. The molecule has 0 amide bonds. The van der Waals surface area contributed by atoms with Crippen molar-refractivity contribution in [1.29, 1.82) is 0 Å². The van der Waals surface area contributed by atoms with Crippen LogP contribution in [0.25, 0.3) is 0 Å². The lowest BCUT2D eigenvalue weighted by molar-refractivity contribution is -0.137. The molecule has 0 spiro atoms. The molecule has 112 valence electrons. The molecule has 1 unspecified atom stereocenters. The number of rotatable bonds is 9. The average molecular weight is 281 g/mol. The van der Waals surface area contributed by atoms with E-state index in [4.69, 9.17) is 14.6 Å². The molecule has 0 saturated heterocycles. The summed E-state index contributed by atoms with van der Waals surface area (Å²) in [5.74, 6) is 0.687. The van der Waals surface area contributed by atoms with Crippen molar-refractivity contribution in [1.82, 2.24) is 5.32 Å². The van der Waals surface area contributed by atoms with E-state index in [9.17, 15) is 4.79 Å². The minimum atomic E-state index is -0.738. The molecule has 5 heteroatoms. The van der Waals surface area contributed by atoms with Crippen molar-refractivity contribution in [3.8, 4) is 11.5 Å². The number of carboxylic acids is 1. The molecule has 1 aromatic carbocycles. The summed E-state index contributed by atoms with van der Waals surface area (Å²) < 4.78 is 10.5. The van der Waals surface area contributed by atoms with Gasteiger partial charge in [0.05, 0.1) is 14.2 Å². The zero-order valence-corrected chi connectivity index (χ0v) is 12.3. The second kappa shape index (κ2) is 8.43. The van der Waals surface area contributed by atoms with Gasteiger partial charge in [0.15, 0.2) is 11.5 Å². The van der Waals surface area contributed by atoms with Gasteiger partial charge >= 0.3 is 5.97 Å². The molecule has 0 heterocycles. The first-order valence-electron chi connectivity index (χ1n) is 6.75. The van der Waals surface area contributed by atoms with Crippen molar-refractivity contribution in [3.63, 3.8) is 0 Å². The first-order chi connectivity index (χ1) is 9.58. The summed E-state index contributed by atoms with van der Waals surface area (Å²) in [4.78, 5) is 10.4. The Labute approximate surface area is 119 Å². The van der Waals surface area contributed by atoms with Crippen molar-refractivity contribution in [3.05, 3.63) is 23.8 Å². The summed E-state index contributed by atoms with van der Waals surface area (Å²) in [6.45, 7) is 2.86. The van der Waals surface area contributed by atoms with Gasteiger partial charge in [-0.15, -0.1) is 0 Å². The fourth-order valence-corrected chi connectivity index (χ4v) is 1.96. The lowest BCUT2D eigenvalue weighted by Crippen LogP contribution is -2.20. The zero-order chi connectivity index (χ0) is 15.0. The Morgan fingerprint density at radius 1 is 1.25 bits per heavy atom. The first-order valence-corrected chi connectivity index (χ1v) is 6.75. The van der Waals surface area contributed by atoms with E-state index in [1.54, 1.807) is 14.2 Å². The highest BCUT2D eigenvalue weighted by molar-refractivity contribution is 5.66. The van der Waals surface area contributed by atoms with E-state index in [1.165, 1.54) is 0 Å². The number of unbranched alkanes of at least 4 members (excludes halogenated alkanes) is 1. The number of carbonyl (C=O) groups is 1. The maximum Gasteiger partial charge on any atom is 0.303 e. The molecule has 20 heavy (non-hydrogen) atoms. The standard InChI is InChI=1S/C15H23NO4/c1-11(16-9-5-4-6-15(17)18)12-7-8-13(19-2)14(10-12)20-3/h7-8,10-11,16H,4-6,9H2,1-3H3,(H,17,18). The van der Waals surface area contributed by atoms with Crippen LogP contribution in [0.15, 0.2) is 18.2 Å². The zero-order valence-electron chi connectivity index (χ0n) is 12.3. The molecule has 1 rings (SSSR count). The van der Waals surface area contributed by atoms with E-state index in [0.717, 1.165) is 18.5 Å². The molecular weight excluding hydrogens is 258 g/mol. The predicted molar refractivity (Wildman–Crippen MR) is 77.5 cm³/mol. The van der Waals surface area contributed by atoms with Gasteiger partial charge in [0.1, 0.15) is 0 Å². The van der Waals surface area contributed by atoms with E-state index >= 15 is 0 Å². The van der Waals surface area contributed by atoms with Gasteiger partial charge in [-0.05, 0) is 44.0 Å². The van der Waals surface area contributed by atoms with Gasteiger partial charge in [-0.3, -0.25) is 4.79 Å². The Kier molecular flexibility index (Phi) is 6.87. The fraction of sp³-hybridized carbons (Fsp3) is 0.533. The van der Waals surface area contributed by atoms with Crippen molar-refractivity contribution in [2.24, 2.45) is 0 Å². The summed E-state index contributed by atoms with van der Waals surface area (Å²) in [5, 5.41) is 11.9. The fourth-order valence-electron chi connectivity index (χ4n) is 1.96. The minimum absolute atomic E-state index is 0.180. The Morgan fingerprint density at radius 3 is 2.55 bits per heavy atom. The molecule has 0 aliphatic carbocycles. The van der Waals surface area contributed by atoms with Crippen LogP contribution in [0.1, 0.15) is 37.8 Å². The van der Waals surface area contributed by atoms with Gasteiger partial charge in [-0.2, -0.15) is 0 Å². The van der Waals surface area contributed by atoms with Crippen molar-refractivity contribution in [2.45, 2.75) is 32.2 Å². The van der Waals surface area contributed by atoms with Crippen LogP contribution < -0.4 is 14.8 Å². The molecule has 0 saturated carbocycles. The van der Waals surface area contributed by atoms with Crippen LogP contribution in [-0.2, 0) is 4.79 Å². The van der Waals surface area contributed by atoms with E-state index in [-0.39, 0.29) is 12.5 Å². The van der Waals surface area contributed by atoms with Crippen LogP contribution in [0, 0.1) is 0 Å². The van der Waals surface area contributed by atoms with Crippen molar-refractivity contribution < 1.29 is 19.4 Å². The lowest BCUT2D eigenvalue weighted by atomic mass is 10.1. The van der Waals surface area contributed by atoms with E-state index in [0.29, 0.717) is 17.9 Å². The monoisotopic (exact) mass is 281 g/mol. The Balaban J connectivity index is 2.46. The molecular formula is C15H23NO4. The topological polar surface area (TPSA) is 67.8 Å². The number of ether oxygens (including phenoxy) is 2. The van der Waals surface area contributed by atoms with Gasteiger partial charge in [-0.25, -0.2) is 0 Å². The summed E-state index contributed by atoms with van der Waals surface area (Å²) in [6.07, 6.45) is 1.78. The third-order valence-electron chi connectivity index (χ3n) is 3.18. The average Bonchev–Trinajstić information content (AvgIpc) is 2.45. The summed E-state index contributed by atoms with van der Waals surface area (Å²) >= 11 is 0. The van der Waals surface area contributed by atoms with Crippen LogP contribution in [-0.4, -0.2) is 31.8 Å². The summed E-state index contributed by atoms with van der Waals surface area (Å²) in [6, 6.07) is 6.01. The van der Waals surface area contributed by atoms with E-state index < -0.39 is 5.97 Å². The van der Waals surface area contributed by atoms with E-state index in [1.807, 2.05) is 18.2 Å². The number of hydrogen-bond donors (Lipinski definition) is 2. The van der Waals surface area contributed by atoms with Crippen molar-refractivity contribution >= 4 is 5.97 Å². The second-order valence-electron chi connectivity index (χ2n) is 4.64. The van der Waals surface area contributed by atoms with Crippen LogP contribution >= 0.6 is 0 Å². The second-order valence-corrected chi connectivity index (χ2v) is 4.64. The number of aliphatic carboxylic acids is 1. The Hall–Kier alpha value is -1.75. The third-order valence-corrected chi connectivity index (χ3v) is 3.18. The highest BCUT2D eigenvalue weighted by atomic mass is 16.5. The van der Waals surface area contributed by atoms with Gasteiger partial charge in [0.2, 0.25) is 0 Å². The number of carboxylic acid groups (broad SMARTS) is 1. The number of hydrogen-bond acceptors (Lipinski definition) is 4. The van der Waals surface area contributed by atoms with E-state index in [2.05, 4.69) is 12.2 Å². The number of methoxy groups -OCH3 is 2. The van der Waals surface area contributed by atoms with Crippen LogP contribution in [0.2, 0.25) is 0 Å². The lowest BCUT2D eigenvalue weighted by Gasteiger charge is -2.16. The summed E-state index contributed by atoms with van der Waals surface area (Å²) in [5.41, 5.74) is 1.11. The van der Waals surface area contributed by atoms with Crippen LogP contribution in [0.5, 0.6) is 11.5 Å². The highest BCUT2D eigenvalue weighted by Crippen LogP contribution is 2.29. The first kappa shape index (κ1) is 16.3. The highest BCUT2D eigenvalue weighted by Gasteiger charge is 2.09. The molecule has 0 aliphatic rings. The minimum Gasteiger partial charge on any atom is -0.493 e. The summed E-state index contributed by atoms with van der Waals surface area (Å²) in [7, 11) is 3.23. The maximum absolute atomic E-state index is 10.4. The Morgan fingerprint density at radius 2 is 1.95 bits per heavy atom. The SMILES string of the molecule is COc1ccc(C(C)NCCCCC(=O)O)cc1OC.